The molecule has 0 amide bonds. The van der Waals surface area contributed by atoms with Gasteiger partial charge in [-0.05, 0) is 47.4 Å². The third-order valence-electron chi connectivity index (χ3n) is 5.01. The number of benzene rings is 2. The summed E-state index contributed by atoms with van der Waals surface area (Å²) >= 11 is 0. The molecule has 0 bridgehead atoms. The molecule has 4 aromatic rings. The van der Waals surface area contributed by atoms with Gasteiger partial charge in [0.1, 0.15) is 5.82 Å². The normalized spacial score (nSPS) is 10.2. The fraction of sp³-hybridized carbons (Fsp3) is 0.240. The topological polar surface area (TPSA) is 85.2 Å². The molecule has 1 N–H and O–H groups in total. The molecule has 2 heterocycles. The molecule has 158 valence electrons. The van der Waals surface area contributed by atoms with Crippen LogP contribution in [0.25, 0.3) is 11.4 Å². The largest absolute Gasteiger partial charge is 0.244 e. The van der Waals surface area contributed by atoms with E-state index in [4.69, 9.17) is 0 Å². The molecule has 0 spiro atoms. The van der Waals surface area contributed by atoms with Crippen molar-refractivity contribution in [3.63, 3.8) is 0 Å². The summed E-state index contributed by atoms with van der Waals surface area (Å²) < 4.78 is 1.93. The zero-order valence-electron chi connectivity index (χ0n) is 18.1. The molecule has 2 aromatic carbocycles. The Balaban J connectivity index is 1.51. The zero-order valence-corrected chi connectivity index (χ0v) is 18.1. The highest BCUT2D eigenvalue weighted by Gasteiger charge is 2.11. The fourth-order valence-electron chi connectivity index (χ4n) is 3.43. The predicted octanol–water partition coefficient (Wildman–Crippen LogP) is 3.23. The third kappa shape index (κ3) is 5.08. The highest BCUT2D eigenvalue weighted by molar-refractivity contribution is 5.60. The molecule has 2 aromatic heterocycles. The number of nitrogens with zero attached hydrogens (tertiary/aromatic N) is 6. The molecule has 4 rings (SSSR count). The van der Waals surface area contributed by atoms with E-state index in [1.54, 1.807) is 0 Å². The second kappa shape index (κ2) is 10.2. The molecule has 0 radical (unpaired) electrons. The van der Waals surface area contributed by atoms with Gasteiger partial charge in [-0.15, -0.1) is 16.9 Å². The lowest BCUT2D eigenvalue weighted by atomic mass is 9.98. The molecule has 0 unspecified atom stereocenters. The molecule has 0 saturated heterocycles. The first kappa shape index (κ1) is 21.0. The van der Waals surface area contributed by atoms with Crippen molar-refractivity contribution in [1.82, 2.24) is 35.4 Å². The van der Waals surface area contributed by atoms with E-state index in [2.05, 4.69) is 84.7 Å². The standard InChI is InChI=1S/C25H23N7/c1-3-5-11-23-26-24(12-6-4-2)32(29-23)18-20-15-13-19(14-16-20)17-21-9-7-8-10-22(21)25-27-30-31-28-25/h7-10,13-16H,11-12,17-18H2,1-2H3,(H,27,28,30,31). The zero-order chi connectivity index (χ0) is 22.2. The minimum atomic E-state index is 0.551. The van der Waals surface area contributed by atoms with E-state index in [1.165, 1.54) is 5.56 Å². The predicted molar refractivity (Wildman–Crippen MR) is 122 cm³/mol. The lowest BCUT2D eigenvalue weighted by Crippen LogP contribution is -2.07. The van der Waals surface area contributed by atoms with Crippen molar-refractivity contribution >= 4 is 0 Å². The number of tetrazole rings is 1. The molecule has 0 saturated carbocycles. The number of aromatic nitrogens is 7. The SMILES string of the molecule is CC#CCc1nc(CC#CC)n(Cc2ccc(Cc3ccccc3-c3nnn[nH]3)cc2)n1. The third-order valence-corrected chi connectivity index (χ3v) is 5.01. The van der Waals surface area contributed by atoms with Crippen molar-refractivity contribution in [2.75, 3.05) is 0 Å². The van der Waals surface area contributed by atoms with Crippen molar-refractivity contribution in [1.29, 1.82) is 0 Å². The molecular formula is C25H23N7. The van der Waals surface area contributed by atoms with E-state index in [-0.39, 0.29) is 0 Å². The average molecular weight is 422 g/mol. The van der Waals surface area contributed by atoms with Gasteiger partial charge in [-0.3, -0.25) is 0 Å². The maximum Gasteiger partial charge on any atom is 0.179 e. The quantitative estimate of drug-likeness (QED) is 0.463. The van der Waals surface area contributed by atoms with E-state index < -0.39 is 0 Å². The van der Waals surface area contributed by atoms with Gasteiger partial charge in [0.05, 0.1) is 19.4 Å². The summed E-state index contributed by atoms with van der Waals surface area (Å²) in [5, 5.41) is 18.9. The molecule has 0 fully saturated rings. The summed E-state index contributed by atoms with van der Waals surface area (Å²) in [6.45, 7) is 4.30. The summed E-state index contributed by atoms with van der Waals surface area (Å²) in [5.41, 5.74) is 4.54. The Morgan fingerprint density at radius 1 is 0.906 bits per heavy atom. The second-order valence-electron chi connectivity index (χ2n) is 7.21. The Hall–Kier alpha value is -4.23. The second-order valence-corrected chi connectivity index (χ2v) is 7.21. The number of H-pyrrole nitrogens is 1. The van der Waals surface area contributed by atoms with Gasteiger partial charge in [0.15, 0.2) is 11.6 Å². The van der Waals surface area contributed by atoms with Crippen LogP contribution in [0.3, 0.4) is 0 Å². The summed E-state index contributed by atoms with van der Waals surface area (Å²) in [5.74, 6) is 14.2. The maximum atomic E-state index is 4.64. The van der Waals surface area contributed by atoms with E-state index in [0.717, 1.165) is 34.8 Å². The van der Waals surface area contributed by atoms with Gasteiger partial charge in [0, 0.05) is 5.56 Å². The van der Waals surface area contributed by atoms with Crippen molar-refractivity contribution < 1.29 is 0 Å². The number of hydrogen-bond acceptors (Lipinski definition) is 5. The van der Waals surface area contributed by atoms with Crippen LogP contribution in [0.2, 0.25) is 0 Å². The van der Waals surface area contributed by atoms with Crippen LogP contribution in [0.5, 0.6) is 0 Å². The first-order chi connectivity index (χ1) is 15.8. The number of rotatable bonds is 7. The lowest BCUT2D eigenvalue weighted by molar-refractivity contribution is 0.647. The molecule has 0 aliphatic rings. The number of aromatic amines is 1. The number of nitrogens with one attached hydrogen (secondary N) is 1. The van der Waals surface area contributed by atoms with Crippen LogP contribution in [0.15, 0.2) is 48.5 Å². The molecule has 0 atom stereocenters. The highest BCUT2D eigenvalue weighted by atomic mass is 15.5. The van der Waals surface area contributed by atoms with E-state index in [0.29, 0.717) is 25.2 Å². The Bertz CT molecular complexity index is 1290. The average Bonchev–Trinajstić information content (AvgIpc) is 3.48. The maximum absolute atomic E-state index is 4.64. The van der Waals surface area contributed by atoms with E-state index in [9.17, 15) is 0 Å². The molecule has 0 aliphatic carbocycles. The smallest absolute Gasteiger partial charge is 0.179 e. The van der Waals surface area contributed by atoms with Crippen LogP contribution in [0.4, 0.5) is 0 Å². The highest BCUT2D eigenvalue weighted by Crippen LogP contribution is 2.22. The summed E-state index contributed by atoms with van der Waals surface area (Å²) in [6.07, 6.45) is 1.92. The molecule has 0 aliphatic heterocycles. The summed E-state index contributed by atoms with van der Waals surface area (Å²) in [4.78, 5) is 4.62. The lowest BCUT2D eigenvalue weighted by Gasteiger charge is -2.09. The fourth-order valence-corrected chi connectivity index (χ4v) is 3.43. The molecule has 7 nitrogen and oxygen atoms in total. The summed E-state index contributed by atoms with van der Waals surface area (Å²) in [6, 6.07) is 16.7. The van der Waals surface area contributed by atoms with Gasteiger partial charge in [-0.1, -0.05) is 60.4 Å². The van der Waals surface area contributed by atoms with Crippen LogP contribution >= 0.6 is 0 Å². The van der Waals surface area contributed by atoms with Crippen LogP contribution in [-0.2, 0) is 25.8 Å². The Morgan fingerprint density at radius 3 is 2.41 bits per heavy atom. The van der Waals surface area contributed by atoms with E-state index >= 15 is 0 Å². The monoisotopic (exact) mass is 421 g/mol. The Labute approximate surface area is 187 Å². The van der Waals surface area contributed by atoms with Crippen LogP contribution in [0, 0.1) is 23.7 Å². The van der Waals surface area contributed by atoms with Crippen molar-refractivity contribution in [2.24, 2.45) is 0 Å². The van der Waals surface area contributed by atoms with Crippen molar-refractivity contribution in [3.05, 3.63) is 76.9 Å². The number of hydrogen-bond donors (Lipinski definition) is 1. The van der Waals surface area contributed by atoms with Crippen LogP contribution in [-0.4, -0.2) is 35.4 Å². The minimum absolute atomic E-state index is 0.551. The van der Waals surface area contributed by atoms with Gasteiger partial charge in [0.2, 0.25) is 0 Å². The van der Waals surface area contributed by atoms with Crippen molar-refractivity contribution in [2.45, 2.75) is 39.7 Å². The first-order valence-electron chi connectivity index (χ1n) is 10.4. The molecule has 7 heteroatoms. The van der Waals surface area contributed by atoms with Gasteiger partial charge >= 0.3 is 0 Å². The Kier molecular flexibility index (Phi) is 6.69. The Morgan fingerprint density at radius 2 is 1.66 bits per heavy atom. The molecular weight excluding hydrogens is 398 g/mol. The van der Waals surface area contributed by atoms with Crippen LogP contribution < -0.4 is 0 Å². The van der Waals surface area contributed by atoms with Gasteiger partial charge in [-0.25, -0.2) is 14.8 Å². The van der Waals surface area contributed by atoms with E-state index in [1.807, 2.05) is 36.7 Å². The minimum Gasteiger partial charge on any atom is -0.244 e. The first-order valence-corrected chi connectivity index (χ1v) is 10.4. The van der Waals surface area contributed by atoms with Gasteiger partial charge in [-0.2, -0.15) is 5.10 Å². The molecule has 32 heavy (non-hydrogen) atoms. The van der Waals surface area contributed by atoms with Gasteiger partial charge < -0.3 is 0 Å². The van der Waals surface area contributed by atoms with Crippen LogP contribution in [0.1, 0.15) is 42.2 Å². The van der Waals surface area contributed by atoms with Gasteiger partial charge in [0.25, 0.3) is 0 Å². The van der Waals surface area contributed by atoms with Crippen molar-refractivity contribution in [3.8, 4) is 35.1 Å². The summed E-state index contributed by atoms with van der Waals surface area (Å²) in [7, 11) is 0.